The lowest BCUT2D eigenvalue weighted by molar-refractivity contribution is -0.305. The van der Waals surface area contributed by atoms with Gasteiger partial charge in [-0.2, -0.15) is 0 Å². The number of aliphatic hydroxyl groups is 1. The van der Waals surface area contributed by atoms with Crippen molar-refractivity contribution in [1.82, 2.24) is 0 Å². The van der Waals surface area contributed by atoms with Crippen molar-refractivity contribution in [3.63, 3.8) is 0 Å². The summed E-state index contributed by atoms with van der Waals surface area (Å²) >= 11 is 3.36. The van der Waals surface area contributed by atoms with Gasteiger partial charge in [0.1, 0.15) is 0 Å². The van der Waals surface area contributed by atoms with Crippen LogP contribution in [0.25, 0.3) is 0 Å². The van der Waals surface area contributed by atoms with Crippen molar-refractivity contribution >= 4 is 23.0 Å². The van der Waals surface area contributed by atoms with Crippen molar-refractivity contribution in [3.8, 4) is 0 Å². The Hall–Kier alpha value is 0.385. The molecule has 3 aliphatic rings. The summed E-state index contributed by atoms with van der Waals surface area (Å²) in [5.41, 5.74) is 4.30. The highest BCUT2D eigenvalue weighted by atomic mass is 79.9. The van der Waals surface area contributed by atoms with Gasteiger partial charge in [-0.25, -0.2) is 0 Å². The van der Waals surface area contributed by atoms with Gasteiger partial charge in [0.15, 0.2) is 0 Å². The molecule has 2 bridgehead atoms. The molecule has 6 heteroatoms. The van der Waals surface area contributed by atoms with Crippen LogP contribution in [-0.4, -0.2) is 39.7 Å². The monoisotopic (exact) mass is 347 g/mol. The van der Waals surface area contributed by atoms with Crippen LogP contribution < -0.4 is 5.73 Å². The molecule has 4 unspecified atom stereocenters. The molecule has 3 rings (SSSR count). The largest absolute Gasteiger partial charge is 0.472 e. The molecule has 0 spiro atoms. The van der Waals surface area contributed by atoms with Gasteiger partial charge in [-0.1, -0.05) is 29.8 Å². The van der Waals surface area contributed by atoms with Crippen molar-refractivity contribution in [3.05, 3.63) is 0 Å². The summed E-state index contributed by atoms with van der Waals surface area (Å²) in [6.45, 7) is 6.10. The Morgan fingerprint density at radius 3 is 2.60 bits per heavy atom. The molecule has 0 heterocycles. The third-order valence-electron chi connectivity index (χ3n) is 5.80. The lowest BCUT2D eigenvalue weighted by atomic mass is 9.40. The lowest BCUT2D eigenvalue weighted by Crippen LogP contribution is -2.77. The minimum atomic E-state index is -1.01. The molecule has 0 aromatic heterocycles. The molecule has 4 N–H and O–H groups in total. The van der Waals surface area contributed by atoms with Crippen LogP contribution in [0.1, 0.15) is 52.9 Å². The first-order valence-electron chi connectivity index (χ1n) is 7.58. The second-order valence-electron chi connectivity index (χ2n) is 7.27. The lowest BCUT2D eigenvalue weighted by Gasteiger charge is -2.71. The summed E-state index contributed by atoms with van der Waals surface area (Å²) in [7, 11) is -1.01. The van der Waals surface area contributed by atoms with E-state index in [1.54, 1.807) is 0 Å². The van der Waals surface area contributed by atoms with Crippen LogP contribution in [-0.2, 0) is 4.65 Å². The molecule has 0 aromatic rings. The highest BCUT2D eigenvalue weighted by molar-refractivity contribution is 9.09. The fourth-order valence-corrected chi connectivity index (χ4v) is 4.50. The van der Waals surface area contributed by atoms with E-state index in [1.165, 1.54) is 0 Å². The molecule has 4 atom stereocenters. The van der Waals surface area contributed by atoms with E-state index in [0.717, 1.165) is 31.0 Å². The van der Waals surface area contributed by atoms with E-state index >= 15 is 0 Å². The van der Waals surface area contributed by atoms with E-state index in [9.17, 15) is 10.1 Å². The van der Waals surface area contributed by atoms with Gasteiger partial charge in [-0.05, 0) is 50.4 Å². The van der Waals surface area contributed by atoms with Gasteiger partial charge in [-0.15, -0.1) is 0 Å². The zero-order valence-corrected chi connectivity index (χ0v) is 14.3. The van der Waals surface area contributed by atoms with E-state index in [1.807, 2.05) is 6.92 Å². The molecule has 3 saturated carbocycles. The Labute approximate surface area is 130 Å². The fourth-order valence-electron chi connectivity index (χ4n) is 4.17. The second-order valence-corrected chi connectivity index (χ2v) is 8.06. The van der Waals surface area contributed by atoms with Crippen molar-refractivity contribution in [2.45, 2.75) is 70.0 Å². The Balaban J connectivity index is 2.09. The number of halogens is 1. The molecule has 0 radical (unpaired) electrons. The van der Waals surface area contributed by atoms with Gasteiger partial charge in [0.25, 0.3) is 0 Å². The Morgan fingerprint density at radius 1 is 1.45 bits per heavy atom. The van der Waals surface area contributed by atoms with Crippen molar-refractivity contribution < 1.29 is 14.8 Å². The average molecular weight is 348 g/mol. The SMILES string of the molecule is CC1(O)CCC2CC1(OB(O)C(N)CCCBr)C2(C)C. The Morgan fingerprint density at radius 2 is 2.10 bits per heavy atom. The molecular formula is C14H27BBrNO3. The maximum absolute atomic E-state index is 10.8. The normalized spacial score (nSPS) is 40.0. The van der Waals surface area contributed by atoms with Crippen LogP contribution in [0, 0.1) is 11.3 Å². The predicted octanol–water partition coefficient (Wildman–Crippen LogP) is 1.85. The Bertz CT molecular complexity index is 356. The number of rotatable bonds is 6. The summed E-state index contributed by atoms with van der Waals surface area (Å²) in [5, 5.41) is 21.9. The standard InChI is InChI=1S/C14H27BBrNO3/c1-12(2)10-6-7-13(3,18)14(12,9-10)20-15(19)11(17)5-4-8-16/h10-11,18-19H,4-9,17H2,1-3H3. The molecule has 0 saturated heterocycles. The summed E-state index contributed by atoms with van der Waals surface area (Å²) in [6.07, 6.45) is 4.17. The maximum atomic E-state index is 10.8. The molecule has 116 valence electrons. The third kappa shape index (κ3) is 2.37. The van der Waals surface area contributed by atoms with Gasteiger partial charge in [-0.3, -0.25) is 0 Å². The summed E-state index contributed by atoms with van der Waals surface area (Å²) in [6, 6.07) is 0. The second kappa shape index (κ2) is 5.54. The molecular weight excluding hydrogens is 321 g/mol. The fraction of sp³-hybridized carbons (Fsp3) is 1.00. The van der Waals surface area contributed by atoms with Gasteiger partial charge >= 0.3 is 7.12 Å². The molecule has 0 amide bonds. The van der Waals surface area contributed by atoms with E-state index in [4.69, 9.17) is 10.4 Å². The first kappa shape index (κ1) is 16.8. The van der Waals surface area contributed by atoms with E-state index in [-0.39, 0.29) is 5.41 Å². The third-order valence-corrected chi connectivity index (χ3v) is 6.36. The Kier molecular flexibility index (Phi) is 4.64. The van der Waals surface area contributed by atoms with Crippen molar-refractivity contribution in [1.29, 1.82) is 0 Å². The van der Waals surface area contributed by atoms with Crippen LogP contribution in [0.2, 0.25) is 0 Å². The molecule has 20 heavy (non-hydrogen) atoms. The number of nitrogens with two attached hydrogens (primary N) is 1. The quantitative estimate of drug-likeness (QED) is 0.506. The minimum absolute atomic E-state index is 0.120. The van der Waals surface area contributed by atoms with Crippen LogP contribution >= 0.6 is 15.9 Å². The van der Waals surface area contributed by atoms with Crippen LogP contribution in [0.15, 0.2) is 0 Å². The maximum Gasteiger partial charge on any atom is 0.472 e. The predicted molar refractivity (Wildman–Crippen MR) is 84.5 cm³/mol. The van der Waals surface area contributed by atoms with E-state index < -0.39 is 24.3 Å². The van der Waals surface area contributed by atoms with Crippen LogP contribution in [0.5, 0.6) is 0 Å². The van der Waals surface area contributed by atoms with Crippen molar-refractivity contribution in [2.24, 2.45) is 17.1 Å². The van der Waals surface area contributed by atoms with Gasteiger partial charge < -0.3 is 20.5 Å². The zero-order valence-electron chi connectivity index (χ0n) is 12.7. The highest BCUT2D eigenvalue weighted by Crippen LogP contribution is 2.67. The smallest absolute Gasteiger partial charge is 0.426 e. The van der Waals surface area contributed by atoms with E-state index in [0.29, 0.717) is 12.3 Å². The molecule has 3 fully saturated rings. The topological polar surface area (TPSA) is 75.7 Å². The number of hydrogen-bond donors (Lipinski definition) is 3. The van der Waals surface area contributed by atoms with E-state index in [2.05, 4.69) is 29.8 Å². The molecule has 3 aliphatic carbocycles. The summed E-state index contributed by atoms with van der Waals surface area (Å²) in [5.74, 6) is 0.156. The summed E-state index contributed by atoms with van der Waals surface area (Å²) in [4.78, 5) is 0. The van der Waals surface area contributed by atoms with Crippen molar-refractivity contribution in [2.75, 3.05) is 5.33 Å². The first-order valence-corrected chi connectivity index (χ1v) is 8.70. The van der Waals surface area contributed by atoms with Gasteiger partial charge in [0.05, 0.1) is 11.2 Å². The average Bonchev–Trinajstić information content (AvgIpc) is 2.37. The molecule has 0 aliphatic heterocycles. The molecule has 0 aromatic carbocycles. The summed E-state index contributed by atoms with van der Waals surface area (Å²) < 4.78 is 6.00. The van der Waals surface area contributed by atoms with Gasteiger partial charge in [0, 0.05) is 11.3 Å². The first-order chi connectivity index (χ1) is 9.18. The number of hydrogen-bond acceptors (Lipinski definition) is 4. The zero-order chi connectivity index (χ0) is 15.2. The highest BCUT2D eigenvalue weighted by Gasteiger charge is 2.71. The number of fused-ring (bicyclic) bond motifs is 2. The van der Waals surface area contributed by atoms with Crippen LogP contribution in [0.4, 0.5) is 0 Å². The van der Waals surface area contributed by atoms with Gasteiger partial charge in [0.2, 0.25) is 0 Å². The van der Waals surface area contributed by atoms with Crippen LogP contribution in [0.3, 0.4) is 0 Å². The minimum Gasteiger partial charge on any atom is -0.426 e. The molecule has 4 nitrogen and oxygen atoms in total. The number of alkyl halides is 1.